The van der Waals surface area contributed by atoms with Gasteiger partial charge >= 0.3 is 0 Å². The molecule has 1 aliphatic rings. The van der Waals surface area contributed by atoms with Crippen LogP contribution in [0, 0.1) is 0 Å². The van der Waals surface area contributed by atoms with Crippen LogP contribution in [0.1, 0.15) is 12.6 Å². The van der Waals surface area contributed by atoms with Crippen LogP contribution in [0.4, 0.5) is 5.82 Å². The van der Waals surface area contributed by atoms with E-state index in [0.717, 1.165) is 0 Å². The number of hydrogen-bond donors (Lipinski definition) is 5. The van der Waals surface area contributed by atoms with Crippen LogP contribution < -0.4 is 15.6 Å². The van der Waals surface area contributed by atoms with Gasteiger partial charge in [-0.3, -0.25) is 4.57 Å². The Hall–Kier alpha value is -1.90. The highest BCUT2D eigenvalue weighted by atomic mass is 32.2. The van der Waals surface area contributed by atoms with Crippen molar-refractivity contribution in [1.82, 2.24) is 24.2 Å². The monoisotopic (exact) mass is 359 g/mol. The number of aromatic nitrogens is 4. The molecule has 24 heavy (non-hydrogen) atoms. The van der Waals surface area contributed by atoms with Crippen molar-refractivity contribution in [1.29, 1.82) is 0 Å². The maximum absolute atomic E-state index is 10.9. The molecule has 0 spiro atoms. The van der Waals surface area contributed by atoms with E-state index in [1.165, 1.54) is 17.2 Å². The van der Waals surface area contributed by atoms with E-state index in [4.69, 9.17) is 15.6 Å². The van der Waals surface area contributed by atoms with E-state index in [0.29, 0.717) is 11.2 Å². The first-order valence-corrected chi connectivity index (χ1v) is 8.54. The number of ether oxygens (including phenoxy) is 1. The van der Waals surface area contributed by atoms with Crippen LogP contribution in [-0.4, -0.2) is 63.0 Å². The molecule has 132 valence electrons. The summed E-state index contributed by atoms with van der Waals surface area (Å²) in [6.45, 7) is -0.0419. The average molecular weight is 359 g/mol. The number of nitrogens with zero attached hydrogens (tertiary/aromatic N) is 4. The lowest BCUT2D eigenvalue weighted by Gasteiger charge is -2.16. The number of nitrogen functional groups attached to an aromatic ring is 1. The minimum Gasteiger partial charge on any atom is -0.388 e. The van der Waals surface area contributed by atoms with Crippen molar-refractivity contribution in [2.75, 3.05) is 12.3 Å². The Kier molecular flexibility index (Phi) is 4.37. The fourth-order valence-corrected chi connectivity index (χ4v) is 3.00. The van der Waals surface area contributed by atoms with Crippen LogP contribution in [0.2, 0.25) is 0 Å². The van der Waals surface area contributed by atoms with Crippen molar-refractivity contribution in [2.45, 2.75) is 31.0 Å². The molecule has 1 saturated heterocycles. The second-order valence-corrected chi connectivity index (χ2v) is 6.74. The number of nitrogens with one attached hydrogen (secondary N) is 1. The summed E-state index contributed by atoms with van der Waals surface area (Å²) in [6, 6.07) is 0. The van der Waals surface area contributed by atoms with Crippen LogP contribution in [-0.2, 0) is 14.9 Å². The molecule has 3 heterocycles. The zero-order valence-corrected chi connectivity index (χ0v) is 13.2. The number of aliphatic hydroxyl groups excluding tert-OH is 2. The molecule has 2 aromatic rings. The lowest BCUT2D eigenvalue weighted by Crippen LogP contribution is -2.36. The summed E-state index contributed by atoms with van der Waals surface area (Å²) in [7, 11) is -3.83. The fraction of sp³-hybridized carbons (Fsp3) is 0.545. The van der Waals surface area contributed by atoms with E-state index in [9.17, 15) is 18.6 Å². The van der Waals surface area contributed by atoms with Gasteiger partial charge in [-0.15, -0.1) is 0 Å². The predicted molar refractivity (Wildman–Crippen MR) is 81.4 cm³/mol. The summed E-state index contributed by atoms with van der Waals surface area (Å²) in [6.07, 6.45) is -1.46. The molecule has 3 rings (SSSR count). The van der Waals surface area contributed by atoms with Crippen molar-refractivity contribution in [2.24, 2.45) is 5.14 Å². The molecule has 4 atom stereocenters. The lowest BCUT2D eigenvalue weighted by atomic mass is 10.1. The Balaban J connectivity index is 1.78. The quantitative estimate of drug-likeness (QED) is 0.375. The third kappa shape index (κ3) is 3.17. The topological polar surface area (TPSA) is 191 Å². The third-order valence-corrected chi connectivity index (χ3v) is 4.34. The van der Waals surface area contributed by atoms with Crippen molar-refractivity contribution in [3.8, 4) is 0 Å². The summed E-state index contributed by atoms with van der Waals surface area (Å²) >= 11 is 0. The summed E-state index contributed by atoms with van der Waals surface area (Å²) in [5.74, 6) is 0.181. The molecule has 0 aliphatic carbocycles. The Bertz CT molecular complexity index is 840. The molecule has 7 N–H and O–H groups in total. The molecule has 2 aromatic heterocycles. The maximum Gasteiger partial charge on any atom is 0.274 e. The molecular weight excluding hydrogens is 342 g/mol. The number of nitrogens with two attached hydrogens (primary N) is 2. The first-order chi connectivity index (χ1) is 11.3. The fourth-order valence-electron chi connectivity index (χ4n) is 2.60. The Morgan fingerprint density at radius 2 is 2.04 bits per heavy atom. The van der Waals surface area contributed by atoms with E-state index in [2.05, 4.69) is 19.7 Å². The zero-order valence-electron chi connectivity index (χ0n) is 12.3. The van der Waals surface area contributed by atoms with Gasteiger partial charge in [0, 0.05) is 6.54 Å². The van der Waals surface area contributed by atoms with E-state index in [1.807, 2.05) is 0 Å². The van der Waals surface area contributed by atoms with Gasteiger partial charge in [0.2, 0.25) is 0 Å². The molecule has 0 bridgehead atoms. The van der Waals surface area contributed by atoms with Crippen molar-refractivity contribution in [3.63, 3.8) is 0 Å². The van der Waals surface area contributed by atoms with E-state index in [1.54, 1.807) is 0 Å². The highest BCUT2D eigenvalue weighted by Crippen LogP contribution is 2.32. The number of rotatable bonds is 5. The second-order valence-electron chi connectivity index (χ2n) is 5.36. The highest BCUT2D eigenvalue weighted by Gasteiger charge is 2.44. The standard InChI is InChI=1S/C11H17N7O5S/c12-9-6-10(15-3-14-9)18(4-16-6)11-8(20)7(19)5(23-11)1-2-17-24(13,21)22/h3-5,7-8,11,17,19-20H,1-2H2,(H2,12,14,15)(H2,13,21,22)/t5-,7-,8-,11-/m1/s1. The smallest absolute Gasteiger partial charge is 0.274 e. The summed E-state index contributed by atoms with van der Waals surface area (Å²) < 4.78 is 30.9. The molecular formula is C11H17N7O5S. The van der Waals surface area contributed by atoms with Gasteiger partial charge in [0.05, 0.1) is 12.4 Å². The highest BCUT2D eigenvalue weighted by molar-refractivity contribution is 7.87. The van der Waals surface area contributed by atoms with Crippen LogP contribution in [0.25, 0.3) is 11.2 Å². The minimum absolute atomic E-state index is 0.0419. The van der Waals surface area contributed by atoms with E-state index in [-0.39, 0.29) is 18.8 Å². The molecule has 12 nitrogen and oxygen atoms in total. The minimum atomic E-state index is -3.83. The SMILES string of the molecule is Nc1ncnc2c1ncn2[C@@H]1O[C@H](CCNS(N)(=O)=O)[C@@H](O)[C@H]1O. The molecule has 0 aromatic carbocycles. The average Bonchev–Trinajstić information content (AvgIpc) is 3.03. The summed E-state index contributed by atoms with van der Waals surface area (Å²) in [4.78, 5) is 11.9. The van der Waals surface area contributed by atoms with Crippen LogP contribution in [0.3, 0.4) is 0 Å². The van der Waals surface area contributed by atoms with E-state index < -0.39 is 34.7 Å². The lowest BCUT2D eigenvalue weighted by molar-refractivity contribution is -0.0363. The maximum atomic E-state index is 10.9. The van der Waals surface area contributed by atoms with Gasteiger partial charge in [-0.05, 0) is 6.42 Å². The van der Waals surface area contributed by atoms with E-state index >= 15 is 0 Å². The van der Waals surface area contributed by atoms with Gasteiger partial charge in [-0.25, -0.2) is 24.8 Å². The Morgan fingerprint density at radius 3 is 2.75 bits per heavy atom. The zero-order chi connectivity index (χ0) is 17.5. The number of anilines is 1. The van der Waals surface area contributed by atoms with Gasteiger partial charge in [-0.1, -0.05) is 0 Å². The summed E-state index contributed by atoms with van der Waals surface area (Å²) in [5.41, 5.74) is 6.41. The van der Waals surface area contributed by atoms with Gasteiger partial charge in [0.1, 0.15) is 24.1 Å². The number of fused-ring (bicyclic) bond motifs is 1. The number of aliphatic hydroxyl groups is 2. The van der Waals surface area contributed by atoms with Gasteiger partial charge in [0.25, 0.3) is 10.2 Å². The van der Waals surface area contributed by atoms with Gasteiger partial charge < -0.3 is 20.7 Å². The first kappa shape index (κ1) is 16.9. The van der Waals surface area contributed by atoms with Crippen molar-refractivity contribution in [3.05, 3.63) is 12.7 Å². The number of hydrogen-bond acceptors (Lipinski definition) is 9. The van der Waals surface area contributed by atoms with Crippen LogP contribution in [0.15, 0.2) is 12.7 Å². The largest absolute Gasteiger partial charge is 0.388 e. The van der Waals surface area contributed by atoms with Crippen molar-refractivity contribution < 1.29 is 23.4 Å². The Labute approximate surface area is 136 Å². The molecule has 0 amide bonds. The molecule has 0 saturated carbocycles. The normalized spacial score (nSPS) is 27.8. The van der Waals surface area contributed by atoms with Gasteiger partial charge in [0.15, 0.2) is 17.7 Å². The predicted octanol–water partition coefficient (Wildman–Crippen LogP) is -2.79. The summed E-state index contributed by atoms with van der Waals surface area (Å²) in [5, 5.41) is 25.2. The molecule has 0 unspecified atom stereocenters. The third-order valence-electron chi connectivity index (χ3n) is 3.73. The first-order valence-electron chi connectivity index (χ1n) is 7.00. The van der Waals surface area contributed by atoms with Crippen molar-refractivity contribution >= 4 is 27.2 Å². The molecule has 1 fully saturated rings. The molecule has 0 radical (unpaired) electrons. The van der Waals surface area contributed by atoms with Crippen LogP contribution in [0.5, 0.6) is 0 Å². The second kappa shape index (κ2) is 6.19. The number of imidazole rings is 1. The van der Waals surface area contributed by atoms with Gasteiger partial charge in [-0.2, -0.15) is 8.42 Å². The molecule has 13 heteroatoms. The molecule has 1 aliphatic heterocycles. The Morgan fingerprint density at radius 1 is 1.29 bits per heavy atom. The van der Waals surface area contributed by atoms with Crippen LogP contribution >= 0.6 is 0 Å².